The van der Waals surface area contributed by atoms with Crippen LogP contribution >= 0.6 is 39.1 Å². The smallest absolute Gasteiger partial charge is 0.269 e. The van der Waals surface area contributed by atoms with Crippen molar-refractivity contribution < 1.29 is 14.4 Å². The van der Waals surface area contributed by atoms with E-state index in [4.69, 9.17) is 23.2 Å². The number of hydrazine groups is 1. The number of carbonyl (C=O) groups is 3. The molecule has 0 saturated carbocycles. The molecule has 0 aliphatic carbocycles. The van der Waals surface area contributed by atoms with Crippen LogP contribution in [0, 0.1) is 0 Å². The molecule has 0 aromatic heterocycles. The third kappa shape index (κ3) is 6.33. The highest BCUT2D eigenvalue weighted by Crippen LogP contribution is 2.25. The van der Waals surface area contributed by atoms with E-state index in [-0.39, 0.29) is 18.7 Å². The Hall–Kier alpha value is -2.09. The van der Waals surface area contributed by atoms with Crippen molar-refractivity contribution in [3.63, 3.8) is 0 Å². The van der Waals surface area contributed by atoms with E-state index in [1.165, 1.54) is 6.07 Å². The molecule has 136 valence electrons. The van der Waals surface area contributed by atoms with Gasteiger partial charge in [-0.1, -0.05) is 39.1 Å². The van der Waals surface area contributed by atoms with Crippen LogP contribution in [0.4, 0.5) is 5.69 Å². The first kappa shape index (κ1) is 20.2. The van der Waals surface area contributed by atoms with E-state index in [9.17, 15) is 14.4 Å². The molecule has 2 aromatic carbocycles. The molecule has 0 bridgehead atoms. The molecule has 3 amide bonds. The Morgan fingerprint density at radius 1 is 0.885 bits per heavy atom. The number of rotatable bonds is 5. The lowest BCUT2D eigenvalue weighted by Gasteiger charge is -2.09. The number of anilines is 1. The number of benzene rings is 2. The molecule has 0 radical (unpaired) electrons. The van der Waals surface area contributed by atoms with Gasteiger partial charge in [0, 0.05) is 27.9 Å². The predicted molar refractivity (Wildman–Crippen MR) is 104 cm³/mol. The summed E-state index contributed by atoms with van der Waals surface area (Å²) in [5.41, 5.74) is 5.35. The Labute approximate surface area is 168 Å². The fourth-order valence-corrected chi connectivity index (χ4v) is 2.61. The second-order valence-corrected chi connectivity index (χ2v) is 6.94. The zero-order valence-corrected chi connectivity index (χ0v) is 16.4. The lowest BCUT2D eigenvalue weighted by Crippen LogP contribution is -2.41. The Balaban J connectivity index is 1.74. The molecule has 26 heavy (non-hydrogen) atoms. The number of halogens is 3. The van der Waals surface area contributed by atoms with Crippen LogP contribution < -0.4 is 16.2 Å². The van der Waals surface area contributed by atoms with Gasteiger partial charge < -0.3 is 5.32 Å². The average molecular weight is 459 g/mol. The van der Waals surface area contributed by atoms with Gasteiger partial charge in [0.25, 0.3) is 5.91 Å². The molecule has 6 nitrogen and oxygen atoms in total. The van der Waals surface area contributed by atoms with E-state index >= 15 is 0 Å². The first-order chi connectivity index (χ1) is 12.3. The maximum atomic E-state index is 11.9. The van der Waals surface area contributed by atoms with E-state index in [0.717, 1.165) is 4.47 Å². The van der Waals surface area contributed by atoms with E-state index in [2.05, 4.69) is 32.1 Å². The molecule has 0 saturated heterocycles. The van der Waals surface area contributed by atoms with Crippen molar-refractivity contribution in [3.05, 3.63) is 62.5 Å². The Bertz CT molecular complexity index is 829. The second-order valence-electron chi connectivity index (χ2n) is 5.18. The Morgan fingerprint density at radius 2 is 1.54 bits per heavy atom. The van der Waals surface area contributed by atoms with Crippen molar-refractivity contribution >= 4 is 62.5 Å². The number of carbonyl (C=O) groups excluding carboxylic acids is 3. The highest BCUT2D eigenvalue weighted by atomic mass is 79.9. The standard InChI is InChI=1S/C17H14BrCl2N3O3/c18-11-3-1-10(2-4-11)17(26)23-22-16(25)8-7-15(24)21-14-6-5-12(19)9-13(14)20/h1-6,9H,7-8H2,(H,21,24)(H,22,25)(H,23,26). The van der Waals surface area contributed by atoms with Crippen LogP contribution in [0.15, 0.2) is 46.9 Å². The van der Waals surface area contributed by atoms with Crippen LogP contribution in [0.1, 0.15) is 23.2 Å². The number of nitrogens with one attached hydrogen (secondary N) is 3. The molecule has 3 N–H and O–H groups in total. The van der Waals surface area contributed by atoms with Crippen LogP contribution in [0.5, 0.6) is 0 Å². The molecule has 2 rings (SSSR count). The molecule has 0 atom stereocenters. The lowest BCUT2D eigenvalue weighted by atomic mass is 10.2. The quantitative estimate of drug-likeness (QED) is 0.593. The summed E-state index contributed by atoms with van der Waals surface area (Å²) >= 11 is 15.0. The maximum absolute atomic E-state index is 11.9. The zero-order chi connectivity index (χ0) is 19.1. The molecule has 0 aliphatic heterocycles. The minimum Gasteiger partial charge on any atom is -0.325 e. The molecule has 0 heterocycles. The van der Waals surface area contributed by atoms with E-state index in [1.54, 1.807) is 36.4 Å². The largest absolute Gasteiger partial charge is 0.325 e. The molecular formula is C17H14BrCl2N3O3. The van der Waals surface area contributed by atoms with Crippen LogP contribution in [-0.2, 0) is 9.59 Å². The predicted octanol–water partition coefficient (Wildman–Crippen LogP) is 3.94. The van der Waals surface area contributed by atoms with Gasteiger partial charge in [0.05, 0.1) is 10.7 Å². The van der Waals surface area contributed by atoms with E-state index in [1.807, 2.05) is 0 Å². The topological polar surface area (TPSA) is 87.3 Å². The molecule has 0 aliphatic rings. The van der Waals surface area contributed by atoms with Crippen molar-refractivity contribution in [2.75, 3.05) is 5.32 Å². The summed E-state index contributed by atoms with van der Waals surface area (Å²) in [6, 6.07) is 11.3. The van der Waals surface area contributed by atoms with Gasteiger partial charge in [-0.15, -0.1) is 0 Å². The van der Waals surface area contributed by atoms with E-state index < -0.39 is 11.8 Å². The van der Waals surface area contributed by atoms with Crippen molar-refractivity contribution in [1.29, 1.82) is 0 Å². The molecule has 0 fully saturated rings. The highest BCUT2D eigenvalue weighted by molar-refractivity contribution is 9.10. The summed E-state index contributed by atoms with van der Waals surface area (Å²) in [6.07, 6.45) is -0.170. The van der Waals surface area contributed by atoms with Gasteiger partial charge in [-0.3, -0.25) is 25.2 Å². The van der Waals surface area contributed by atoms with Crippen molar-refractivity contribution in [2.24, 2.45) is 0 Å². The fourth-order valence-electron chi connectivity index (χ4n) is 1.89. The monoisotopic (exact) mass is 457 g/mol. The van der Waals surface area contributed by atoms with Crippen molar-refractivity contribution in [2.45, 2.75) is 12.8 Å². The summed E-state index contributed by atoms with van der Waals surface area (Å²) in [5.74, 6) is -1.33. The molecule has 2 aromatic rings. The maximum Gasteiger partial charge on any atom is 0.269 e. The number of hydrogen-bond acceptors (Lipinski definition) is 3. The summed E-state index contributed by atoms with van der Waals surface area (Å²) < 4.78 is 0.838. The normalized spacial score (nSPS) is 10.1. The minimum atomic E-state index is -0.493. The van der Waals surface area contributed by atoms with Gasteiger partial charge in [-0.05, 0) is 42.5 Å². The van der Waals surface area contributed by atoms with Crippen molar-refractivity contribution in [1.82, 2.24) is 10.9 Å². The third-order valence-electron chi connectivity index (χ3n) is 3.21. The van der Waals surface area contributed by atoms with Gasteiger partial charge in [0.1, 0.15) is 0 Å². The Morgan fingerprint density at radius 3 is 2.19 bits per heavy atom. The lowest BCUT2D eigenvalue weighted by molar-refractivity contribution is -0.124. The summed E-state index contributed by atoms with van der Waals surface area (Å²) in [4.78, 5) is 35.5. The fraction of sp³-hybridized carbons (Fsp3) is 0.118. The average Bonchev–Trinajstić information content (AvgIpc) is 2.61. The van der Waals surface area contributed by atoms with Gasteiger partial charge in [0.2, 0.25) is 11.8 Å². The van der Waals surface area contributed by atoms with Gasteiger partial charge in [0.15, 0.2) is 0 Å². The van der Waals surface area contributed by atoms with E-state index in [0.29, 0.717) is 21.3 Å². The highest BCUT2D eigenvalue weighted by Gasteiger charge is 2.11. The van der Waals surface area contributed by atoms with Gasteiger partial charge >= 0.3 is 0 Å². The van der Waals surface area contributed by atoms with Crippen LogP contribution in [0.3, 0.4) is 0 Å². The summed E-state index contributed by atoms with van der Waals surface area (Å²) in [7, 11) is 0. The summed E-state index contributed by atoms with van der Waals surface area (Å²) in [6.45, 7) is 0. The van der Waals surface area contributed by atoms with Crippen molar-refractivity contribution in [3.8, 4) is 0 Å². The number of hydrogen-bond donors (Lipinski definition) is 3. The Kier molecular flexibility index (Phi) is 7.44. The van der Waals surface area contributed by atoms with Crippen LogP contribution in [0.2, 0.25) is 10.0 Å². The molecule has 9 heteroatoms. The molecule has 0 unspecified atom stereocenters. The van der Waals surface area contributed by atoms with Crippen LogP contribution in [0.25, 0.3) is 0 Å². The minimum absolute atomic E-state index is 0.0705. The molecular weight excluding hydrogens is 445 g/mol. The second kappa shape index (κ2) is 9.56. The zero-order valence-electron chi connectivity index (χ0n) is 13.3. The first-order valence-electron chi connectivity index (χ1n) is 7.45. The van der Waals surface area contributed by atoms with Crippen LogP contribution in [-0.4, -0.2) is 17.7 Å². The number of amides is 3. The third-order valence-corrected chi connectivity index (χ3v) is 4.28. The summed E-state index contributed by atoms with van der Waals surface area (Å²) in [5, 5.41) is 3.34. The van der Waals surface area contributed by atoms with Gasteiger partial charge in [-0.2, -0.15) is 0 Å². The SMILES string of the molecule is O=C(CCC(=O)Nc1ccc(Cl)cc1Cl)NNC(=O)c1ccc(Br)cc1. The molecule has 0 spiro atoms. The first-order valence-corrected chi connectivity index (χ1v) is 8.99. The van der Waals surface area contributed by atoms with Gasteiger partial charge in [-0.25, -0.2) is 0 Å².